The van der Waals surface area contributed by atoms with Gasteiger partial charge in [-0.1, -0.05) is 0 Å². The van der Waals surface area contributed by atoms with Gasteiger partial charge in [-0.3, -0.25) is 4.79 Å². The third-order valence-electron chi connectivity index (χ3n) is 5.27. The topological polar surface area (TPSA) is 38.8 Å². The molecule has 0 spiro atoms. The predicted octanol–water partition coefficient (Wildman–Crippen LogP) is 4.23. The summed E-state index contributed by atoms with van der Waals surface area (Å²) in [4.78, 5) is 17.5. The summed E-state index contributed by atoms with van der Waals surface area (Å²) in [6.45, 7) is 0.798. The molecule has 0 unspecified atom stereocenters. The Hall–Kier alpha value is -2.01. The van der Waals surface area contributed by atoms with Gasteiger partial charge in [0, 0.05) is 17.0 Å². The van der Waals surface area contributed by atoms with Gasteiger partial charge in [0.1, 0.15) is 11.5 Å². The fraction of sp³-hybridized carbons (Fsp3) is 0.450. The molecule has 1 aliphatic carbocycles. The Bertz CT molecular complexity index is 777. The number of fused-ring (bicyclic) bond motifs is 1. The summed E-state index contributed by atoms with van der Waals surface area (Å²) in [7, 11) is 3.34. The number of aryl methyl sites for hydroxylation is 2. The van der Waals surface area contributed by atoms with Crippen LogP contribution >= 0.6 is 11.3 Å². The summed E-state index contributed by atoms with van der Waals surface area (Å²) in [5.41, 5.74) is 2.42. The number of carbonyl (C=O) groups excluding carboxylic acids is 1. The summed E-state index contributed by atoms with van der Waals surface area (Å²) in [6, 6.07) is 7.99. The van der Waals surface area contributed by atoms with Gasteiger partial charge in [0.2, 0.25) is 0 Å². The molecule has 1 atom stereocenters. The zero-order valence-corrected chi connectivity index (χ0v) is 15.5. The van der Waals surface area contributed by atoms with Crippen molar-refractivity contribution in [2.24, 2.45) is 0 Å². The van der Waals surface area contributed by atoms with Crippen molar-refractivity contribution < 1.29 is 14.3 Å². The van der Waals surface area contributed by atoms with E-state index in [-0.39, 0.29) is 11.9 Å². The van der Waals surface area contributed by atoms with Crippen LogP contribution in [0.2, 0.25) is 0 Å². The molecular weight excluding hydrogens is 334 g/mol. The first-order valence-corrected chi connectivity index (χ1v) is 9.67. The molecule has 0 radical (unpaired) electrons. The maximum Gasteiger partial charge on any atom is 0.264 e. The van der Waals surface area contributed by atoms with E-state index in [0.29, 0.717) is 0 Å². The normalized spacial score (nSPS) is 19.1. The Morgan fingerprint density at radius 2 is 2.04 bits per heavy atom. The molecule has 1 aromatic carbocycles. The lowest BCUT2D eigenvalue weighted by Crippen LogP contribution is -2.30. The highest BCUT2D eigenvalue weighted by atomic mass is 32.1. The van der Waals surface area contributed by atoms with Crippen LogP contribution in [0, 0.1) is 0 Å². The molecule has 0 saturated carbocycles. The SMILES string of the molecule is COc1ccc(OC)c([C@@H]2CCCN2C(=O)c2cc3c(s2)CCC3)c1. The highest BCUT2D eigenvalue weighted by Gasteiger charge is 2.34. The van der Waals surface area contributed by atoms with Crippen molar-refractivity contribution in [2.75, 3.05) is 20.8 Å². The van der Waals surface area contributed by atoms with E-state index in [0.717, 1.165) is 54.2 Å². The number of thiophene rings is 1. The van der Waals surface area contributed by atoms with E-state index in [1.54, 1.807) is 25.6 Å². The molecule has 2 heterocycles. The highest BCUT2D eigenvalue weighted by molar-refractivity contribution is 7.14. The van der Waals surface area contributed by atoms with Gasteiger partial charge in [0.15, 0.2) is 0 Å². The molecule has 1 aliphatic heterocycles. The van der Waals surface area contributed by atoms with Gasteiger partial charge >= 0.3 is 0 Å². The van der Waals surface area contributed by atoms with Gasteiger partial charge in [0.05, 0.1) is 25.1 Å². The first kappa shape index (κ1) is 16.5. The molecule has 1 saturated heterocycles. The first-order valence-electron chi connectivity index (χ1n) is 8.85. The van der Waals surface area contributed by atoms with Gasteiger partial charge in [-0.25, -0.2) is 0 Å². The summed E-state index contributed by atoms with van der Waals surface area (Å²) >= 11 is 1.68. The minimum atomic E-state index is 0.0505. The van der Waals surface area contributed by atoms with E-state index in [4.69, 9.17) is 9.47 Å². The lowest BCUT2D eigenvalue weighted by atomic mass is 10.0. The monoisotopic (exact) mass is 357 g/mol. The molecule has 2 aliphatic rings. The summed E-state index contributed by atoms with van der Waals surface area (Å²) in [6.07, 6.45) is 5.44. The van der Waals surface area contributed by atoms with E-state index < -0.39 is 0 Å². The number of ether oxygens (including phenoxy) is 2. The van der Waals surface area contributed by atoms with Gasteiger partial charge in [-0.15, -0.1) is 11.3 Å². The molecule has 5 heteroatoms. The van der Waals surface area contributed by atoms with Crippen molar-refractivity contribution in [3.8, 4) is 11.5 Å². The number of likely N-dealkylation sites (tertiary alicyclic amines) is 1. The Balaban J connectivity index is 1.65. The Morgan fingerprint density at radius 1 is 1.16 bits per heavy atom. The number of methoxy groups -OCH3 is 2. The second-order valence-corrected chi connectivity index (χ2v) is 7.81. The van der Waals surface area contributed by atoms with Crippen LogP contribution in [-0.4, -0.2) is 31.6 Å². The van der Waals surface area contributed by atoms with E-state index >= 15 is 0 Å². The van der Waals surface area contributed by atoms with Crippen LogP contribution in [0.3, 0.4) is 0 Å². The number of rotatable bonds is 4. The van der Waals surface area contributed by atoms with Gasteiger partial charge < -0.3 is 14.4 Å². The molecule has 0 bridgehead atoms. The fourth-order valence-electron chi connectivity index (χ4n) is 4.01. The van der Waals surface area contributed by atoms with Gasteiger partial charge in [0.25, 0.3) is 5.91 Å². The number of hydrogen-bond donors (Lipinski definition) is 0. The third kappa shape index (κ3) is 2.91. The maximum atomic E-state index is 13.2. The number of carbonyl (C=O) groups is 1. The van der Waals surface area contributed by atoms with Crippen molar-refractivity contribution in [2.45, 2.75) is 38.1 Å². The standard InChI is InChI=1S/C20H23NO3S/c1-23-14-8-9-17(24-2)15(12-14)16-6-4-10-21(16)20(22)19-11-13-5-3-7-18(13)25-19/h8-9,11-12,16H,3-7,10H2,1-2H3/t16-/m0/s1. The molecule has 132 valence electrons. The van der Waals surface area contributed by atoms with Crippen LogP contribution in [-0.2, 0) is 12.8 Å². The van der Waals surface area contributed by atoms with Crippen molar-refractivity contribution in [1.29, 1.82) is 0 Å². The minimum Gasteiger partial charge on any atom is -0.497 e. The van der Waals surface area contributed by atoms with Crippen LogP contribution in [0.5, 0.6) is 11.5 Å². The zero-order valence-electron chi connectivity index (χ0n) is 14.7. The molecule has 2 aromatic rings. The van der Waals surface area contributed by atoms with Crippen LogP contribution in [0.1, 0.15) is 51.0 Å². The van der Waals surface area contributed by atoms with Crippen molar-refractivity contribution in [1.82, 2.24) is 4.90 Å². The number of benzene rings is 1. The molecule has 1 fully saturated rings. The third-order valence-corrected chi connectivity index (χ3v) is 6.49. The molecule has 25 heavy (non-hydrogen) atoms. The highest BCUT2D eigenvalue weighted by Crippen LogP contribution is 2.41. The predicted molar refractivity (Wildman–Crippen MR) is 98.9 cm³/mol. The van der Waals surface area contributed by atoms with E-state index in [1.807, 2.05) is 23.1 Å². The van der Waals surface area contributed by atoms with Crippen LogP contribution in [0.4, 0.5) is 0 Å². The minimum absolute atomic E-state index is 0.0505. The quantitative estimate of drug-likeness (QED) is 0.822. The summed E-state index contributed by atoms with van der Waals surface area (Å²) in [5, 5.41) is 0. The molecular formula is C20H23NO3S. The Labute approximate surface area is 152 Å². The molecule has 1 aromatic heterocycles. The Morgan fingerprint density at radius 3 is 2.80 bits per heavy atom. The molecule has 1 amide bonds. The molecule has 4 nitrogen and oxygen atoms in total. The Kier molecular flexibility index (Phi) is 4.42. The smallest absolute Gasteiger partial charge is 0.264 e. The largest absolute Gasteiger partial charge is 0.497 e. The fourth-order valence-corrected chi connectivity index (χ4v) is 5.22. The van der Waals surface area contributed by atoms with Crippen LogP contribution in [0.15, 0.2) is 24.3 Å². The second kappa shape index (κ2) is 6.71. The van der Waals surface area contributed by atoms with E-state index in [1.165, 1.54) is 16.9 Å². The number of hydrogen-bond acceptors (Lipinski definition) is 4. The van der Waals surface area contributed by atoms with Gasteiger partial charge in [-0.2, -0.15) is 0 Å². The lowest BCUT2D eigenvalue weighted by molar-refractivity contribution is 0.0739. The van der Waals surface area contributed by atoms with Crippen LogP contribution < -0.4 is 9.47 Å². The average Bonchev–Trinajstić information content (AvgIpc) is 3.35. The average molecular weight is 357 g/mol. The second-order valence-electron chi connectivity index (χ2n) is 6.68. The number of amides is 1. The van der Waals surface area contributed by atoms with E-state index in [9.17, 15) is 4.79 Å². The molecule has 4 rings (SSSR count). The lowest BCUT2D eigenvalue weighted by Gasteiger charge is -2.26. The molecule has 0 N–H and O–H groups in total. The van der Waals surface area contributed by atoms with Crippen molar-refractivity contribution >= 4 is 17.2 Å². The van der Waals surface area contributed by atoms with Crippen molar-refractivity contribution in [3.05, 3.63) is 45.1 Å². The first-order chi connectivity index (χ1) is 12.2. The zero-order chi connectivity index (χ0) is 17.4. The number of nitrogens with zero attached hydrogens (tertiary/aromatic N) is 1. The maximum absolute atomic E-state index is 13.2. The van der Waals surface area contributed by atoms with E-state index in [2.05, 4.69) is 6.07 Å². The summed E-state index contributed by atoms with van der Waals surface area (Å²) < 4.78 is 10.9. The van der Waals surface area contributed by atoms with Gasteiger partial charge in [-0.05, 0) is 61.9 Å². The summed E-state index contributed by atoms with van der Waals surface area (Å²) in [5.74, 6) is 1.77. The van der Waals surface area contributed by atoms with Crippen LogP contribution in [0.25, 0.3) is 0 Å². The van der Waals surface area contributed by atoms with Crippen molar-refractivity contribution in [3.63, 3.8) is 0 Å².